The van der Waals surface area contributed by atoms with Gasteiger partial charge in [0, 0.05) is 42.5 Å². The lowest BCUT2D eigenvalue weighted by molar-refractivity contribution is 0.0311. The molecule has 1 N–H and O–H groups in total. The molecule has 3 rings (SSSR count). The van der Waals surface area contributed by atoms with Crippen molar-refractivity contribution in [1.82, 2.24) is 19.6 Å². The van der Waals surface area contributed by atoms with Gasteiger partial charge >= 0.3 is 0 Å². The molecule has 0 radical (unpaired) electrons. The number of aromatic nitrogens is 2. The summed E-state index contributed by atoms with van der Waals surface area (Å²) in [6.07, 6.45) is 1.83. The third kappa shape index (κ3) is 3.60. The van der Waals surface area contributed by atoms with E-state index in [0.29, 0.717) is 12.1 Å². The number of H-pyrrole nitrogens is 1. The first kappa shape index (κ1) is 18.5. The van der Waals surface area contributed by atoms with Crippen LogP contribution < -0.4 is 5.56 Å². The van der Waals surface area contributed by atoms with Crippen molar-refractivity contribution in [3.05, 3.63) is 51.9 Å². The second kappa shape index (κ2) is 7.11. The minimum Gasteiger partial charge on any atom is -0.336 e. The molecule has 1 amide bonds. The summed E-state index contributed by atoms with van der Waals surface area (Å²) in [6, 6.07) is 8.88. The molecule has 0 bridgehead atoms. The monoisotopic (exact) mass is 356 g/mol. The van der Waals surface area contributed by atoms with Crippen LogP contribution in [-0.2, 0) is 6.42 Å². The van der Waals surface area contributed by atoms with Crippen molar-refractivity contribution in [1.29, 1.82) is 0 Å². The highest BCUT2D eigenvalue weighted by Gasteiger charge is 2.33. The van der Waals surface area contributed by atoms with Crippen LogP contribution in [0.15, 0.2) is 35.1 Å². The lowest BCUT2D eigenvalue weighted by Crippen LogP contribution is -2.58. The van der Waals surface area contributed by atoms with Crippen LogP contribution >= 0.6 is 0 Å². The number of carbonyl (C=O) groups is 1. The second-order valence-corrected chi connectivity index (χ2v) is 7.71. The Morgan fingerprint density at radius 1 is 1.19 bits per heavy atom. The summed E-state index contributed by atoms with van der Waals surface area (Å²) in [6.45, 7) is 8.70. The number of hydrogen-bond acceptors (Lipinski definition) is 3. The molecule has 2 heterocycles. The van der Waals surface area contributed by atoms with Crippen molar-refractivity contribution in [2.24, 2.45) is 0 Å². The number of aryl methyl sites for hydroxylation is 1. The van der Waals surface area contributed by atoms with Crippen molar-refractivity contribution < 1.29 is 4.79 Å². The van der Waals surface area contributed by atoms with Gasteiger partial charge in [-0.2, -0.15) is 0 Å². The lowest BCUT2D eigenvalue weighted by atomic mass is 9.99. The molecule has 140 valence electrons. The van der Waals surface area contributed by atoms with Crippen molar-refractivity contribution >= 4 is 5.91 Å². The highest BCUT2D eigenvalue weighted by molar-refractivity contribution is 5.94. The van der Waals surface area contributed by atoms with Crippen LogP contribution in [0.2, 0.25) is 0 Å². The average molecular weight is 356 g/mol. The molecule has 0 atom stereocenters. The van der Waals surface area contributed by atoms with E-state index in [0.717, 1.165) is 37.3 Å². The Balaban J connectivity index is 1.77. The number of benzene rings is 1. The van der Waals surface area contributed by atoms with Gasteiger partial charge in [0.2, 0.25) is 0 Å². The van der Waals surface area contributed by atoms with E-state index in [9.17, 15) is 9.59 Å². The molecule has 1 fully saturated rings. The first-order valence-corrected chi connectivity index (χ1v) is 9.24. The topological polar surface area (TPSA) is 61.3 Å². The standard InChI is InChI=1S/C20H28N4O2/c1-5-6-16-13-18(25)24(21-16)17-9-7-15(8-10-17)19(26)23-12-11-22(4)20(2,3)14-23/h7-10,13,21H,5-6,11-12,14H2,1-4H3. The van der Waals surface area contributed by atoms with Crippen LogP contribution in [0.1, 0.15) is 43.2 Å². The Labute approximate surface area is 154 Å². The van der Waals surface area contributed by atoms with E-state index in [1.54, 1.807) is 18.2 Å². The van der Waals surface area contributed by atoms with Crippen molar-refractivity contribution in [3.63, 3.8) is 0 Å². The molecule has 1 aliphatic rings. The number of rotatable bonds is 4. The number of nitrogens with zero attached hydrogens (tertiary/aromatic N) is 3. The molecule has 1 aliphatic heterocycles. The molecule has 0 unspecified atom stereocenters. The van der Waals surface area contributed by atoms with Crippen molar-refractivity contribution in [2.45, 2.75) is 39.2 Å². The van der Waals surface area contributed by atoms with Crippen molar-refractivity contribution in [3.8, 4) is 5.69 Å². The molecule has 26 heavy (non-hydrogen) atoms. The summed E-state index contributed by atoms with van der Waals surface area (Å²) in [7, 11) is 2.09. The third-order valence-corrected chi connectivity index (χ3v) is 5.27. The van der Waals surface area contributed by atoms with Crippen LogP contribution in [0.25, 0.3) is 5.69 Å². The van der Waals surface area contributed by atoms with Crippen molar-refractivity contribution in [2.75, 3.05) is 26.7 Å². The fourth-order valence-electron chi connectivity index (χ4n) is 3.38. The van der Waals surface area contributed by atoms with Gasteiger partial charge in [-0.15, -0.1) is 0 Å². The minimum absolute atomic E-state index is 0.0267. The summed E-state index contributed by atoms with van der Waals surface area (Å²) in [5.74, 6) is 0.0447. The predicted octanol–water partition coefficient (Wildman–Crippen LogP) is 2.28. The Kier molecular flexibility index (Phi) is 5.05. The maximum atomic E-state index is 12.8. The molecule has 2 aromatic rings. The third-order valence-electron chi connectivity index (χ3n) is 5.27. The smallest absolute Gasteiger partial charge is 0.271 e. The van der Waals surface area contributed by atoms with Gasteiger partial charge in [-0.1, -0.05) is 13.3 Å². The normalized spacial score (nSPS) is 17.5. The molecule has 1 aromatic heterocycles. The van der Waals surface area contributed by atoms with Crippen LogP contribution in [-0.4, -0.2) is 57.7 Å². The average Bonchev–Trinajstić information content (AvgIpc) is 2.97. The van der Waals surface area contributed by atoms with Gasteiger partial charge in [0.15, 0.2) is 0 Å². The Morgan fingerprint density at radius 3 is 2.50 bits per heavy atom. The van der Waals surface area contributed by atoms with Gasteiger partial charge in [-0.05, 0) is 51.6 Å². The van der Waals surface area contributed by atoms with Gasteiger partial charge in [-0.25, -0.2) is 4.68 Å². The molecule has 1 saturated heterocycles. The van der Waals surface area contributed by atoms with E-state index < -0.39 is 0 Å². The summed E-state index contributed by atoms with van der Waals surface area (Å²) in [4.78, 5) is 29.2. The number of hydrogen-bond donors (Lipinski definition) is 1. The van der Waals surface area contributed by atoms with Crippen LogP contribution in [0.3, 0.4) is 0 Å². The molecular weight excluding hydrogens is 328 g/mol. The molecule has 6 nitrogen and oxygen atoms in total. The largest absolute Gasteiger partial charge is 0.336 e. The molecule has 6 heteroatoms. The Hall–Kier alpha value is -2.34. The zero-order valence-electron chi connectivity index (χ0n) is 16.1. The zero-order chi connectivity index (χ0) is 18.9. The summed E-state index contributed by atoms with van der Waals surface area (Å²) in [5.41, 5.74) is 2.22. The maximum absolute atomic E-state index is 12.8. The van der Waals surface area contributed by atoms with E-state index in [-0.39, 0.29) is 17.0 Å². The van der Waals surface area contributed by atoms with E-state index in [1.807, 2.05) is 17.0 Å². The Bertz CT molecular complexity index is 832. The van der Waals surface area contributed by atoms with Gasteiger partial charge in [0.25, 0.3) is 11.5 Å². The summed E-state index contributed by atoms with van der Waals surface area (Å²) >= 11 is 0. The molecular formula is C20H28N4O2. The van der Waals surface area contributed by atoms with E-state index in [4.69, 9.17) is 0 Å². The maximum Gasteiger partial charge on any atom is 0.271 e. The number of carbonyl (C=O) groups excluding carboxylic acids is 1. The van der Waals surface area contributed by atoms with Gasteiger partial charge in [0.1, 0.15) is 0 Å². The minimum atomic E-state index is -0.0756. The van der Waals surface area contributed by atoms with Crippen LogP contribution in [0.4, 0.5) is 0 Å². The number of piperazine rings is 1. The predicted molar refractivity (Wildman–Crippen MR) is 103 cm³/mol. The first-order valence-electron chi connectivity index (χ1n) is 9.24. The van der Waals surface area contributed by atoms with Gasteiger partial charge in [-0.3, -0.25) is 19.6 Å². The summed E-state index contributed by atoms with van der Waals surface area (Å²) < 4.78 is 1.53. The van der Waals surface area contributed by atoms with Crippen LogP contribution in [0, 0.1) is 0 Å². The molecule has 0 saturated carbocycles. The number of amides is 1. The number of nitrogens with one attached hydrogen (secondary N) is 1. The first-order chi connectivity index (χ1) is 12.3. The fraction of sp³-hybridized carbons (Fsp3) is 0.500. The zero-order valence-corrected chi connectivity index (χ0v) is 16.1. The van der Waals surface area contributed by atoms with E-state index in [1.165, 1.54) is 4.68 Å². The van der Waals surface area contributed by atoms with Crippen LogP contribution in [0.5, 0.6) is 0 Å². The number of aromatic amines is 1. The van der Waals surface area contributed by atoms with E-state index >= 15 is 0 Å². The molecule has 0 spiro atoms. The lowest BCUT2D eigenvalue weighted by Gasteiger charge is -2.45. The second-order valence-electron chi connectivity index (χ2n) is 7.71. The van der Waals surface area contributed by atoms with Gasteiger partial charge < -0.3 is 4.90 Å². The highest BCUT2D eigenvalue weighted by Crippen LogP contribution is 2.21. The summed E-state index contributed by atoms with van der Waals surface area (Å²) in [5, 5.41) is 3.13. The fourth-order valence-corrected chi connectivity index (χ4v) is 3.38. The molecule has 0 aliphatic carbocycles. The quantitative estimate of drug-likeness (QED) is 0.914. The number of likely N-dealkylation sites (N-methyl/N-ethyl adjacent to an activating group) is 1. The molecule has 1 aromatic carbocycles. The van der Waals surface area contributed by atoms with Gasteiger partial charge in [0.05, 0.1) is 5.69 Å². The SMILES string of the molecule is CCCc1cc(=O)n(-c2ccc(C(=O)N3CCN(C)C(C)(C)C3)cc2)[nH]1. The Morgan fingerprint density at radius 2 is 1.88 bits per heavy atom. The van der Waals surface area contributed by atoms with E-state index in [2.05, 4.69) is 37.8 Å². The highest BCUT2D eigenvalue weighted by atomic mass is 16.2.